The molecule has 0 spiro atoms. The van der Waals surface area contributed by atoms with E-state index >= 15 is 0 Å². The number of halogens is 2. The van der Waals surface area contributed by atoms with Crippen molar-refractivity contribution in [3.63, 3.8) is 0 Å². The molecule has 1 aromatic heterocycles. The standard InChI is InChI=1S/C22H21ClFN5O5S2/c1-29-19(21(32)27-13-4-7-17(24)16(23)8-13)9-18(28-36(29,33)34)20(31)25-10-15-11-26-22(35-15)12-2-5-14(30)6-3-12/h2-8,11,18-19,28,30H,9-10H2,1H3,(H,25,31)(H,27,32). The Balaban J connectivity index is 1.41. The summed E-state index contributed by atoms with van der Waals surface area (Å²) in [6, 6.07) is 7.70. The number of phenolic OH excluding ortho intramolecular Hbond substituents is 1. The summed E-state index contributed by atoms with van der Waals surface area (Å²) in [5.41, 5.74) is 0.987. The highest BCUT2D eigenvalue weighted by Crippen LogP contribution is 2.27. The van der Waals surface area contributed by atoms with Crippen LogP contribution in [0.5, 0.6) is 5.75 Å². The average molecular weight is 554 g/mol. The van der Waals surface area contributed by atoms with Crippen LogP contribution in [0.25, 0.3) is 10.6 Å². The summed E-state index contributed by atoms with van der Waals surface area (Å²) in [4.78, 5) is 30.7. The number of amides is 2. The lowest BCUT2D eigenvalue weighted by Crippen LogP contribution is -2.62. The molecule has 1 aliphatic rings. The summed E-state index contributed by atoms with van der Waals surface area (Å²) in [6.45, 7) is 0.105. The maximum absolute atomic E-state index is 13.4. The molecule has 1 saturated heterocycles. The first kappa shape index (κ1) is 26.0. The average Bonchev–Trinajstić information content (AvgIpc) is 3.31. The monoisotopic (exact) mass is 553 g/mol. The van der Waals surface area contributed by atoms with Crippen LogP contribution in [0.1, 0.15) is 11.3 Å². The van der Waals surface area contributed by atoms with Crippen molar-refractivity contribution >= 4 is 50.6 Å². The summed E-state index contributed by atoms with van der Waals surface area (Å²) in [7, 11) is -2.91. The zero-order valence-corrected chi connectivity index (χ0v) is 21.1. The van der Waals surface area contributed by atoms with Crippen LogP contribution in [0.4, 0.5) is 10.1 Å². The van der Waals surface area contributed by atoms with E-state index in [-0.39, 0.29) is 29.4 Å². The van der Waals surface area contributed by atoms with Gasteiger partial charge in [0.2, 0.25) is 11.8 Å². The normalized spacial score (nSPS) is 19.5. The fourth-order valence-electron chi connectivity index (χ4n) is 3.51. The smallest absolute Gasteiger partial charge is 0.280 e. The van der Waals surface area contributed by atoms with E-state index in [0.717, 1.165) is 20.8 Å². The van der Waals surface area contributed by atoms with E-state index in [4.69, 9.17) is 11.6 Å². The van der Waals surface area contributed by atoms with Crippen LogP contribution in [0.15, 0.2) is 48.7 Å². The van der Waals surface area contributed by atoms with Crippen LogP contribution in [0.2, 0.25) is 5.02 Å². The molecule has 0 aliphatic carbocycles. The lowest BCUT2D eigenvalue weighted by Gasteiger charge is -2.35. The second-order valence-corrected chi connectivity index (χ2v) is 11.2. The largest absolute Gasteiger partial charge is 0.508 e. The van der Waals surface area contributed by atoms with Gasteiger partial charge in [0.1, 0.15) is 28.7 Å². The summed E-state index contributed by atoms with van der Waals surface area (Å²) in [5, 5.41) is 15.1. The third-order valence-electron chi connectivity index (χ3n) is 5.48. The van der Waals surface area contributed by atoms with E-state index < -0.39 is 39.9 Å². The van der Waals surface area contributed by atoms with Crippen LogP contribution in [0, 0.1) is 5.82 Å². The molecular formula is C22H21ClFN5O5S2. The molecule has 2 aromatic carbocycles. The number of carbonyl (C=O) groups excluding carboxylic acids is 2. The highest BCUT2D eigenvalue weighted by molar-refractivity contribution is 7.87. The predicted molar refractivity (Wildman–Crippen MR) is 133 cm³/mol. The van der Waals surface area contributed by atoms with Crippen LogP contribution >= 0.6 is 22.9 Å². The number of hydrogen-bond donors (Lipinski definition) is 4. The number of likely N-dealkylation sites (N-methyl/N-ethyl adjacent to an activating group) is 1. The zero-order valence-electron chi connectivity index (χ0n) is 18.7. The van der Waals surface area contributed by atoms with E-state index in [9.17, 15) is 27.5 Å². The fraction of sp³-hybridized carbons (Fsp3) is 0.227. The summed E-state index contributed by atoms with van der Waals surface area (Å²) in [5.74, 6) is -1.82. The quantitative estimate of drug-likeness (QED) is 0.369. The van der Waals surface area contributed by atoms with Crippen molar-refractivity contribution in [3.8, 4) is 16.3 Å². The summed E-state index contributed by atoms with van der Waals surface area (Å²) in [6.07, 6.45) is 1.46. The molecule has 0 bridgehead atoms. The number of aromatic nitrogens is 1. The van der Waals surface area contributed by atoms with E-state index in [1.54, 1.807) is 30.5 Å². The molecule has 36 heavy (non-hydrogen) atoms. The van der Waals surface area contributed by atoms with Crippen molar-refractivity contribution in [2.24, 2.45) is 0 Å². The van der Waals surface area contributed by atoms with Gasteiger partial charge in [0.05, 0.1) is 11.6 Å². The van der Waals surface area contributed by atoms with Crippen molar-refractivity contribution in [1.29, 1.82) is 0 Å². The van der Waals surface area contributed by atoms with E-state index in [2.05, 4.69) is 20.3 Å². The molecule has 2 amide bonds. The number of benzene rings is 2. The topological polar surface area (TPSA) is 141 Å². The van der Waals surface area contributed by atoms with Gasteiger partial charge >= 0.3 is 0 Å². The molecule has 1 aliphatic heterocycles. The Hall–Kier alpha value is -3.10. The molecule has 14 heteroatoms. The van der Waals surface area contributed by atoms with E-state index in [1.807, 2.05) is 0 Å². The van der Waals surface area contributed by atoms with Gasteiger partial charge in [-0.1, -0.05) is 11.6 Å². The Labute approximate surface area is 215 Å². The summed E-state index contributed by atoms with van der Waals surface area (Å²) >= 11 is 7.07. The molecule has 0 radical (unpaired) electrons. The van der Waals surface area contributed by atoms with Gasteiger partial charge in [0.25, 0.3) is 10.2 Å². The van der Waals surface area contributed by atoms with Crippen LogP contribution < -0.4 is 15.4 Å². The number of phenols is 1. The minimum atomic E-state index is -4.13. The maximum atomic E-state index is 13.4. The summed E-state index contributed by atoms with van der Waals surface area (Å²) < 4.78 is 41.7. The van der Waals surface area contributed by atoms with Crippen molar-refractivity contribution in [3.05, 3.63) is 64.4 Å². The molecule has 190 valence electrons. The SMILES string of the molecule is CN1C(C(=O)Nc2ccc(F)c(Cl)c2)CC(C(=O)NCc2cnc(-c3ccc(O)cc3)s2)NS1(=O)=O. The predicted octanol–water partition coefficient (Wildman–Crippen LogP) is 2.47. The van der Waals surface area contributed by atoms with Gasteiger partial charge in [-0.05, 0) is 48.9 Å². The Kier molecular flexibility index (Phi) is 7.57. The van der Waals surface area contributed by atoms with Crippen LogP contribution in [-0.4, -0.2) is 53.8 Å². The molecule has 4 rings (SSSR count). The Bertz CT molecular complexity index is 1400. The molecule has 0 saturated carbocycles. The Morgan fingerprint density at radius 3 is 2.67 bits per heavy atom. The van der Waals surface area contributed by atoms with Crippen LogP contribution in [0.3, 0.4) is 0 Å². The van der Waals surface area contributed by atoms with Crippen molar-refractivity contribution in [2.75, 3.05) is 12.4 Å². The minimum absolute atomic E-state index is 0.105. The lowest BCUT2D eigenvalue weighted by molar-refractivity contribution is -0.124. The van der Waals surface area contributed by atoms with Gasteiger partial charge < -0.3 is 15.7 Å². The highest BCUT2D eigenvalue weighted by atomic mass is 35.5. The van der Waals surface area contributed by atoms with E-state index in [0.29, 0.717) is 5.01 Å². The van der Waals surface area contributed by atoms with Gasteiger partial charge in [0, 0.05) is 29.4 Å². The Morgan fingerprint density at radius 2 is 1.97 bits per heavy atom. The van der Waals surface area contributed by atoms with Crippen LogP contribution in [-0.2, 0) is 26.3 Å². The number of rotatable bonds is 6. The number of nitrogens with one attached hydrogen (secondary N) is 3. The molecule has 2 atom stereocenters. The molecule has 1 fully saturated rings. The molecule has 10 nitrogen and oxygen atoms in total. The van der Waals surface area contributed by atoms with Gasteiger partial charge in [-0.2, -0.15) is 17.4 Å². The molecule has 2 heterocycles. The second kappa shape index (κ2) is 10.5. The molecule has 2 unspecified atom stereocenters. The number of hydrogen-bond acceptors (Lipinski definition) is 7. The highest BCUT2D eigenvalue weighted by Gasteiger charge is 2.42. The van der Waals surface area contributed by atoms with Gasteiger partial charge in [-0.25, -0.2) is 9.37 Å². The molecule has 4 N–H and O–H groups in total. The number of nitrogens with zero attached hydrogens (tertiary/aromatic N) is 2. The molecular weight excluding hydrogens is 533 g/mol. The maximum Gasteiger partial charge on any atom is 0.280 e. The number of thiazole rings is 1. The first-order valence-corrected chi connectivity index (χ1v) is 13.2. The van der Waals surface area contributed by atoms with Crippen molar-refractivity contribution < 1.29 is 27.5 Å². The van der Waals surface area contributed by atoms with Gasteiger partial charge in [0.15, 0.2) is 0 Å². The lowest BCUT2D eigenvalue weighted by atomic mass is 10.1. The first-order chi connectivity index (χ1) is 17.0. The minimum Gasteiger partial charge on any atom is -0.508 e. The number of aromatic hydroxyl groups is 1. The third kappa shape index (κ3) is 5.82. The second-order valence-electron chi connectivity index (χ2n) is 7.96. The van der Waals surface area contributed by atoms with Gasteiger partial charge in [-0.3, -0.25) is 9.59 Å². The molecule has 3 aromatic rings. The number of anilines is 1. The van der Waals surface area contributed by atoms with Gasteiger partial charge in [-0.15, -0.1) is 11.3 Å². The zero-order chi connectivity index (χ0) is 26.0. The van der Waals surface area contributed by atoms with Crippen molar-refractivity contribution in [2.45, 2.75) is 25.0 Å². The fourth-order valence-corrected chi connectivity index (χ4v) is 5.79. The number of carbonyl (C=O) groups is 2. The van der Waals surface area contributed by atoms with Crippen molar-refractivity contribution in [1.82, 2.24) is 19.3 Å². The van der Waals surface area contributed by atoms with E-state index in [1.165, 1.54) is 30.5 Å². The first-order valence-electron chi connectivity index (χ1n) is 10.6. The Morgan fingerprint density at radius 1 is 1.25 bits per heavy atom. The third-order valence-corrected chi connectivity index (χ3v) is 8.41.